The van der Waals surface area contributed by atoms with Crippen molar-refractivity contribution in [2.75, 3.05) is 6.61 Å². The molecule has 18 heavy (non-hydrogen) atoms. The van der Waals surface area contributed by atoms with Gasteiger partial charge >= 0.3 is 0 Å². The third kappa shape index (κ3) is 5.88. The zero-order valence-electron chi connectivity index (χ0n) is 11.6. The van der Waals surface area contributed by atoms with Gasteiger partial charge in [0, 0.05) is 6.42 Å². The Hall–Kier alpha value is -0.530. The number of Topliss-reactive ketones (excluding diaryl/α,β-unsaturated/α-hetero) is 1. The van der Waals surface area contributed by atoms with Crippen LogP contribution in [0.25, 0.3) is 0 Å². The Kier molecular flexibility index (Phi) is 8.11. The van der Waals surface area contributed by atoms with Crippen molar-refractivity contribution in [3.8, 4) is 0 Å². The molecule has 0 bridgehead atoms. The topological polar surface area (TPSA) is 118 Å². The van der Waals surface area contributed by atoms with Gasteiger partial charge in [0.05, 0.1) is 7.98 Å². The molecule has 6 nitrogen and oxygen atoms in total. The van der Waals surface area contributed by atoms with Gasteiger partial charge in [-0.2, -0.15) is 0 Å². The number of aliphatic hydroxyl groups is 5. The van der Waals surface area contributed by atoms with E-state index in [0.717, 1.165) is 19.3 Å². The van der Waals surface area contributed by atoms with Crippen molar-refractivity contribution in [3.63, 3.8) is 0 Å². The van der Waals surface area contributed by atoms with E-state index in [0.29, 0.717) is 6.42 Å². The maximum absolute atomic E-state index is 11.6. The van der Waals surface area contributed by atoms with Crippen molar-refractivity contribution < 1.29 is 31.7 Å². The van der Waals surface area contributed by atoms with E-state index in [1.807, 2.05) is 6.92 Å². The Morgan fingerprint density at radius 1 is 1.17 bits per heavy atom. The standard InChI is InChI=1S/C12H24O6/c1-2-3-4-5-6-8(14)10(16)12(18)11(17)9(15)7-13/h9-13,15-18H,2-7H2,1H3/t9-,10-,11-,12-/m1/s1/i11D. The normalized spacial score (nSPS) is 20.7. The van der Waals surface area contributed by atoms with Gasteiger partial charge in [-0.1, -0.05) is 26.2 Å². The van der Waals surface area contributed by atoms with E-state index in [-0.39, 0.29) is 6.42 Å². The van der Waals surface area contributed by atoms with Gasteiger partial charge in [0.15, 0.2) is 5.78 Å². The summed E-state index contributed by atoms with van der Waals surface area (Å²) in [6.07, 6.45) is -5.64. The van der Waals surface area contributed by atoms with Crippen molar-refractivity contribution >= 4 is 5.78 Å². The second kappa shape index (κ2) is 9.41. The summed E-state index contributed by atoms with van der Waals surface area (Å²) in [5.74, 6) is -0.695. The molecular formula is C12H24O6. The fraction of sp³-hybridized carbons (Fsp3) is 0.917. The summed E-state index contributed by atoms with van der Waals surface area (Å²) in [5, 5.41) is 46.4. The molecule has 0 fully saturated rings. The summed E-state index contributed by atoms with van der Waals surface area (Å²) in [6.45, 7) is 1.05. The number of unbranched alkanes of at least 4 members (excludes halogenated alkanes) is 3. The maximum Gasteiger partial charge on any atom is 0.164 e. The molecule has 0 amide bonds. The first kappa shape index (κ1) is 15.5. The van der Waals surface area contributed by atoms with Crippen LogP contribution in [0.1, 0.15) is 40.4 Å². The molecule has 0 rings (SSSR count). The van der Waals surface area contributed by atoms with Crippen LogP contribution in [0.5, 0.6) is 0 Å². The van der Waals surface area contributed by atoms with Gasteiger partial charge < -0.3 is 25.5 Å². The summed E-state index contributed by atoms with van der Waals surface area (Å²) in [5.41, 5.74) is 0. The molecule has 0 aliphatic heterocycles. The summed E-state index contributed by atoms with van der Waals surface area (Å²) in [6, 6.07) is 0. The van der Waals surface area contributed by atoms with Gasteiger partial charge in [-0.05, 0) is 6.42 Å². The highest BCUT2D eigenvalue weighted by Gasteiger charge is 2.33. The van der Waals surface area contributed by atoms with Crippen LogP contribution in [0.3, 0.4) is 0 Å². The van der Waals surface area contributed by atoms with Gasteiger partial charge in [0.25, 0.3) is 0 Å². The van der Waals surface area contributed by atoms with Gasteiger partial charge in [0.2, 0.25) is 0 Å². The first-order valence-corrected chi connectivity index (χ1v) is 6.19. The zero-order chi connectivity index (χ0) is 15.1. The van der Waals surface area contributed by atoms with Crippen LogP contribution in [-0.4, -0.2) is 62.3 Å². The lowest BCUT2D eigenvalue weighted by Crippen LogP contribution is -2.48. The highest BCUT2D eigenvalue weighted by atomic mass is 16.4. The van der Waals surface area contributed by atoms with Crippen molar-refractivity contribution in [1.29, 1.82) is 0 Å². The molecule has 6 heteroatoms. The molecule has 108 valence electrons. The van der Waals surface area contributed by atoms with E-state index in [1.54, 1.807) is 0 Å². The minimum absolute atomic E-state index is 0.0313. The zero-order valence-corrected chi connectivity index (χ0v) is 10.6. The Labute approximate surface area is 108 Å². The average molecular weight is 265 g/mol. The minimum Gasteiger partial charge on any atom is -0.394 e. The van der Waals surface area contributed by atoms with Crippen molar-refractivity contribution in [3.05, 3.63) is 0 Å². The van der Waals surface area contributed by atoms with Gasteiger partial charge in [0.1, 0.15) is 24.4 Å². The monoisotopic (exact) mass is 265 g/mol. The smallest absolute Gasteiger partial charge is 0.164 e. The molecule has 0 unspecified atom stereocenters. The van der Waals surface area contributed by atoms with Crippen LogP contribution in [0, 0.1) is 0 Å². The highest BCUT2D eigenvalue weighted by molar-refractivity contribution is 5.83. The fourth-order valence-corrected chi connectivity index (χ4v) is 1.50. The third-order valence-electron chi connectivity index (χ3n) is 2.72. The Balaban J connectivity index is 4.38. The summed E-state index contributed by atoms with van der Waals surface area (Å²) < 4.78 is 7.29. The summed E-state index contributed by atoms with van der Waals surface area (Å²) in [7, 11) is 0. The molecule has 0 aliphatic carbocycles. The average Bonchev–Trinajstić information content (AvgIpc) is 2.40. The molecule has 0 saturated carbocycles. The molecule has 0 heterocycles. The molecule has 5 N–H and O–H groups in total. The van der Waals surface area contributed by atoms with E-state index < -0.39 is 36.8 Å². The van der Waals surface area contributed by atoms with Crippen LogP contribution in [0.2, 0.25) is 0 Å². The number of hydrogen-bond donors (Lipinski definition) is 5. The molecule has 0 saturated heterocycles. The van der Waals surface area contributed by atoms with E-state index in [9.17, 15) is 20.1 Å². The third-order valence-corrected chi connectivity index (χ3v) is 2.72. The molecule has 0 aliphatic rings. The molecule has 0 aromatic heterocycles. The van der Waals surface area contributed by atoms with Crippen LogP contribution in [0.15, 0.2) is 0 Å². The summed E-state index contributed by atoms with van der Waals surface area (Å²) in [4.78, 5) is 11.6. The first-order chi connectivity index (χ1) is 8.78. The molecule has 0 spiro atoms. The predicted octanol–water partition coefficient (Wildman–Crippen LogP) is -1.04. The minimum atomic E-state index is -2.90. The lowest BCUT2D eigenvalue weighted by atomic mass is 9.97. The molecule has 0 aromatic rings. The Morgan fingerprint density at radius 3 is 2.28 bits per heavy atom. The van der Waals surface area contributed by atoms with Crippen LogP contribution in [-0.2, 0) is 4.79 Å². The SMILES string of the molecule is [2H][C@@](O)([C@H](O)CO)[C@H](O)[C@H](O)C(=O)CCCCCC. The van der Waals surface area contributed by atoms with Gasteiger partial charge in [-0.25, -0.2) is 0 Å². The van der Waals surface area contributed by atoms with E-state index >= 15 is 0 Å². The number of carbonyl (C=O) groups excluding carboxylic acids is 1. The van der Waals surface area contributed by atoms with Crippen molar-refractivity contribution in [2.24, 2.45) is 0 Å². The molecule has 0 radical (unpaired) electrons. The predicted molar refractivity (Wildman–Crippen MR) is 64.9 cm³/mol. The number of aliphatic hydroxyl groups excluding tert-OH is 4. The van der Waals surface area contributed by atoms with Crippen LogP contribution >= 0.6 is 0 Å². The van der Waals surface area contributed by atoms with Crippen LogP contribution in [0.4, 0.5) is 0 Å². The van der Waals surface area contributed by atoms with Crippen LogP contribution < -0.4 is 0 Å². The first-order valence-electron chi connectivity index (χ1n) is 6.69. The number of carbonyl (C=O) groups is 1. The maximum atomic E-state index is 11.6. The van der Waals surface area contributed by atoms with E-state index in [1.165, 1.54) is 0 Å². The number of ketones is 1. The van der Waals surface area contributed by atoms with Gasteiger partial charge in [-0.3, -0.25) is 4.79 Å². The molecule has 4 atom stereocenters. The van der Waals surface area contributed by atoms with E-state index in [2.05, 4.69) is 0 Å². The van der Waals surface area contributed by atoms with E-state index in [4.69, 9.17) is 11.6 Å². The Morgan fingerprint density at radius 2 is 1.78 bits per heavy atom. The second-order valence-corrected chi connectivity index (χ2v) is 4.29. The largest absolute Gasteiger partial charge is 0.394 e. The van der Waals surface area contributed by atoms with Gasteiger partial charge in [-0.15, -0.1) is 0 Å². The fourth-order valence-electron chi connectivity index (χ4n) is 1.50. The highest BCUT2D eigenvalue weighted by Crippen LogP contribution is 2.10. The molecule has 0 aromatic carbocycles. The lowest BCUT2D eigenvalue weighted by Gasteiger charge is -2.24. The molecular weight excluding hydrogens is 240 g/mol. The number of hydrogen-bond acceptors (Lipinski definition) is 6. The van der Waals surface area contributed by atoms with Crippen molar-refractivity contribution in [1.82, 2.24) is 0 Å². The number of rotatable bonds is 10. The second-order valence-electron chi connectivity index (χ2n) is 4.29. The lowest BCUT2D eigenvalue weighted by molar-refractivity contribution is -0.147. The summed E-state index contributed by atoms with van der Waals surface area (Å²) >= 11 is 0. The Bertz CT molecular complexity index is 271. The van der Waals surface area contributed by atoms with Crippen molar-refractivity contribution in [2.45, 2.75) is 63.4 Å². The quantitative estimate of drug-likeness (QED) is 0.322.